The Balaban J connectivity index is 1.64. The molecule has 0 radical (unpaired) electrons. The first-order chi connectivity index (χ1) is 9.78. The smallest absolute Gasteiger partial charge is 0.319 e. The SMILES string of the molecule is COc1cccc(NC(=O)NCCCN2CCCC2)c1. The molecule has 110 valence electrons. The van der Waals surface area contributed by atoms with Gasteiger partial charge in [0.1, 0.15) is 5.75 Å². The third-order valence-electron chi connectivity index (χ3n) is 3.46. The van der Waals surface area contributed by atoms with Gasteiger partial charge < -0.3 is 20.3 Å². The second-order valence-corrected chi connectivity index (χ2v) is 5.02. The molecule has 2 N–H and O–H groups in total. The van der Waals surface area contributed by atoms with Gasteiger partial charge in [-0.1, -0.05) is 6.07 Å². The summed E-state index contributed by atoms with van der Waals surface area (Å²) in [4.78, 5) is 14.2. The van der Waals surface area contributed by atoms with Crippen LogP contribution in [0, 0.1) is 0 Å². The summed E-state index contributed by atoms with van der Waals surface area (Å²) in [5.74, 6) is 0.733. The zero-order chi connectivity index (χ0) is 14.2. The molecule has 5 heteroatoms. The van der Waals surface area contributed by atoms with E-state index in [2.05, 4.69) is 15.5 Å². The molecule has 1 aromatic rings. The van der Waals surface area contributed by atoms with Crippen molar-refractivity contribution >= 4 is 11.7 Å². The van der Waals surface area contributed by atoms with Gasteiger partial charge in [0.15, 0.2) is 0 Å². The number of hydrogen-bond acceptors (Lipinski definition) is 3. The number of methoxy groups -OCH3 is 1. The summed E-state index contributed by atoms with van der Waals surface area (Å²) in [7, 11) is 1.61. The summed E-state index contributed by atoms with van der Waals surface area (Å²) in [5.41, 5.74) is 0.737. The van der Waals surface area contributed by atoms with Gasteiger partial charge in [0, 0.05) is 18.3 Å². The molecule has 0 aromatic heterocycles. The van der Waals surface area contributed by atoms with Crippen molar-refractivity contribution < 1.29 is 9.53 Å². The van der Waals surface area contributed by atoms with Gasteiger partial charge in [-0.25, -0.2) is 4.79 Å². The fourth-order valence-corrected chi connectivity index (χ4v) is 2.39. The number of anilines is 1. The second kappa shape index (κ2) is 7.75. The van der Waals surface area contributed by atoms with Crippen molar-refractivity contribution in [3.05, 3.63) is 24.3 Å². The van der Waals surface area contributed by atoms with E-state index in [-0.39, 0.29) is 6.03 Å². The summed E-state index contributed by atoms with van der Waals surface area (Å²) in [5, 5.41) is 5.68. The molecule has 1 aliphatic rings. The Hall–Kier alpha value is -1.75. The number of ether oxygens (including phenoxy) is 1. The number of amides is 2. The van der Waals surface area contributed by atoms with Crippen LogP contribution in [0.15, 0.2) is 24.3 Å². The fraction of sp³-hybridized carbons (Fsp3) is 0.533. The summed E-state index contributed by atoms with van der Waals surface area (Å²) in [6.07, 6.45) is 3.61. The average Bonchev–Trinajstić information content (AvgIpc) is 2.97. The van der Waals surface area contributed by atoms with E-state index >= 15 is 0 Å². The van der Waals surface area contributed by atoms with E-state index in [1.54, 1.807) is 13.2 Å². The number of hydrogen-bond donors (Lipinski definition) is 2. The molecule has 0 bridgehead atoms. The third-order valence-corrected chi connectivity index (χ3v) is 3.46. The Morgan fingerprint density at radius 2 is 2.15 bits per heavy atom. The number of carbonyl (C=O) groups excluding carboxylic acids is 1. The quantitative estimate of drug-likeness (QED) is 0.785. The first-order valence-electron chi connectivity index (χ1n) is 7.19. The van der Waals surface area contributed by atoms with Gasteiger partial charge in [0.25, 0.3) is 0 Å². The maximum Gasteiger partial charge on any atom is 0.319 e. The highest BCUT2D eigenvalue weighted by Crippen LogP contribution is 2.16. The molecule has 1 aliphatic heterocycles. The highest BCUT2D eigenvalue weighted by Gasteiger charge is 2.10. The van der Waals surface area contributed by atoms with E-state index in [0.717, 1.165) is 24.4 Å². The molecule has 20 heavy (non-hydrogen) atoms. The molecule has 0 saturated carbocycles. The van der Waals surface area contributed by atoms with Crippen LogP contribution in [-0.2, 0) is 0 Å². The molecule has 1 heterocycles. The van der Waals surface area contributed by atoms with Gasteiger partial charge in [-0.3, -0.25) is 0 Å². The number of nitrogens with zero attached hydrogens (tertiary/aromatic N) is 1. The zero-order valence-electron chi connectivity index (χ0n) is 12.0. The lowest BCUT2D eigenvalue weighted by Crippen LogP contribution is -2.31. The lowest BCUT2D eigenvalue weighted by Gasteiger charge is -2.14. The largest absolute Gasteiger partial charge is 0.497 e. The van der Waals surface area contributed by atoms with Crippen LogP contribution in [0.5, 0.6) is 5.75 Å². The van der Waals surface area contributed by atoms with Crippen LogP contribution < -0.4 is 15.4 Å². The number of rotatable bonds is 6. The van der Waals surface area contributed by atoms with Crippen molar-refractivity contribution in [1.29, 1.82) is 0 Å². The van der Waals surface area contributed by atoms with Crippen molar-refractivity contribution in [2.24, 2.45) is 0 Å². The number of likely N-dealkylation sites (tertiary alicyclic amines) is 1. The molecule has 0 aliphatic carbocycles. The normalized spacial score (nSPS) is 15.1. The van der Waals surface area contributed by atoms with Gasteiger partial charge in [-0.05, 0) is 51.0 Å². The lowest BCUT2D eigenvalue weighted by molar-refractivity contribution is 0.251. The molecule has 1 aromatic carbocycles. The van der Waals surface area contributed by atoms with Gasteiger partial charge in [-0.15, -0.1) is 0 Å². The van der Waals surface area contributed by atoms with Gasteiger partial charge in [0.05, 0.1) is 7.11 Å². The van der Waals surface area contributed by atoms with Crippen LogP contribution in [0.4, 0.5) is 10.5 Å². The Morgan fingerprint density at radius 3 is 2.90 bits per heavy atom. The molecule has 0 unspecified atom stereocenters. The maximum atomic E-state index is 11.7. The predicted molar refractivity (Wildman–Crippen MR) is 80.3 cm³/mol. The van der Waals surface area contributed by atoms with E-state index in [1.807, 2.05) is 18.2 Å². The van der Waals surface area contributed by atoms with E-state index in [0.29, 0.717) is 6.54 Å². The van der Waals surface area contributed by atoms with E-state index < -0.39 is 0 Å². The van der Waals surface area contributed by atoms with Crippen molar-refractivity contribution in [2.75, 3.05) is 38.6 Å². The maximum absolute atomic E-state index is 11.7. The molecule has 1 fully saturated rings. The van der Waals surface area contributed by atoms with Crippen LogP contribution in [-0.4, -0.2) is 44.2 Å². The highest BCUT2D eigenvalue weighted by molar-refractivity contribution is 5.89. The first-order valence-corrected chi connectivity index (χ1v) is 7.19. The first kappa shape index (κ1) is 14.7. The molecule has 2 amide bonds. The standard InChI is InChI=1S/C15H23N3O2/c1-20-14-7-4-6-13(12-14)17-15(19)16-8-5-11-18-9-2-3-10-18/h4,6-7,12H,2-3,5,8-11H2,1H3,(H2,16,17,19). The van der Waals surface area contributed by atoms with E-state index in [9.17, 15) is 4.79 Å². The molecule has 0 spiro atoms. The Kier molecular flexibility index (Phi) is 5.68. The second-order valence-electron chi connectivity index (χ2n) is 5.02. The third kappa shape index (κ3) is 4.74. The van der Waals surface area contributed by atoms with Crippen LogP contribution in [0.25, 0.3) is 0 Å². The fourth-order valence-electron chi connectivity index (χ4n) is 2.39. The van der Waals surface area contributed by atoms with E-state index in [1.165, 1.54) is 25.9 Å². The Bertz CT molecular complexity index is 431. The summed E-state index contributed by atoms with van der Waals surface area (Å²) < 4.78 is 5.11. The Morgan fingerprint density at radius 1 is 1.35 bits per heavy atom. The monoisotopic (exact) mass is 277 g/mol. The summed E-state index contributed by atoms with van der Waals surface area (Å²) in [6, 6.07) is 7.16. The van der Waals surface area contributed by atoms with Crippen LogP contribution in [0.3, 0.4) is 0 Å². The van der Waals surface area contributed by atoms with E-state index in [4.69, 9.17) is 4.74 Å². The van der Waals surface area contributed by atoms with Crippen molar-refractivity contribution in [1.82, 2.24) is 10.2 Å². The molecular weight excluding hydrogens is 254 g/mol. The number of urea groups is 1. The van der Waals surface area contributed by atoms with Crippen molar-refractivity contribution in [3.63, 3.8) is 0 Å². The van der Waals surface area contributed by atoms with Gasteiger partial charge in [-0.2, -0.15) is 0 Å². The molecular formula is C15H23N3O2. The minimum Gasteiger partial charge on any atom is -0.497 e. The van der Waals surface area contributed by atoms with Crippen molar-refractivity contribution in [2.45, 2.75) is 19.3 Å². The van der Waals surface area contributed by atoms with Gasteiger partial charge >= 0.3 is 6.03 Å². The number of nitrogens with one attached hydrogen (secondary N) is 2. The zero-order valence-corrected chi connectivity index (χ0v) is 12.0. The average molecular weight is 277 g/mol. The molecule has 2 rings (SSSR count). The lowest BCUT2D eigenvalue weighted by atomic mass is 10.3. The van der Waals surface area contributed by atoms with Crippen LogP contribution in [0.1, 0.15) is 19.3 Å². The van der Waals surface area contributed by atoms with Gasteiger partial charge in [0.2, 0.25) is 0 Å². The molecule has 1 saturated heterocycles. The van der Waals surface area contributed by atoms with Crippen LogP contribution in [0.2, 0.25) is 0 Å². The molecule has 0 atom stereocenters. The number of benzene rings is 1. The van der Waals surface area contributed by atoms with Crippen LogP contribution >= 0.6 is 0 Å². The molecule has 5 nitrogen and oxygen atoms in total. The summed E-state index contributed by atoms with van der Waals surface area (Å²) in [6.45, 7) is 4.18. The highest BCUT2D eigenvalue weighted by atomic mass is 16.5. The predicted octanol–water partition coefficient (Wildman–Crippen LogP) is 2.30. The topological polar surface area (TPSA) is 53.6 Å². The minimum atomic E-state index is -0.167. The minimum absolute atomic E-state index is 0.167. The summed E-state index contributed by atoms with van der Waals surface area (Å²) >= 11 is 0. The van der Waals surface area contributed by atoms with Crippen molar-refractivity contribution in [3.8, 4) is 5.75 Å². The Labute approximate surface area is 120 Å². The number of carbonyl (C=O) groups is 1.